The van der Waals surface area contributed by atoms with E-state index in [0.717, 1.165) is 29.3 Å². The van der Waals surface area contributed by atoms with Gasteiger partial charge in [0.05, 0.1) is 0 Å². The molecule has 3 rings (SSSR count). The van der Waals surface area contributed by atoms with Gasteiger partial charge in [-0.25, -0.2) is 0 Å². The highest BCUT2D eigenvalue weighted by Crippen LogP contribution is 2.27. The average molecular weight is 270 g/mol. The molecule has 2 heterocycles. The van der Waals surface area contributed by atoms with Gasteiger partial charge in [0.2, 0.25) is 0 Å². The summed E-state index contributed by atoms with van der Waals surface area (Å²) in [5, 5.41) is 11.6. The maximum Gasteiger partial charge on any atom is 0.321 e. The molecular formula is C16H18N2O2. The van der Waals surface area contributed by atoms with Crippen LogP contribution in [0.5, 0.6) is 0 Å². The highest BCUT2D eigenvalue weighted by molar-refractivity contribution is 5.84. The Morgan fingerprint density at radius 2 is 2.20 bits per heavy atom. The molecule has 1 N–H and O–H groups in total. The van der Waals surface area contributed by atoms with Crippen LogP contribution in [0.4, 0.5) is 0 Å². The lowest BCUT2D eigenvalue weighted by atomic mass is 10.0. The van der Waals surface area contributed by atoms with E-state index in [-0.39, 0.29) is 12.0 Å². The molecule has 0 bridgehead atoms. The molecule has 0 saturated carbocycles. The molecule has 0 radical (unpaired) electrons. The number of aliphatic carboxylic acids is 1. The number of nitrogens with zero attached hydrogens (tertiary/aromatic N) is 2. The number of fused-ring (bicyclic) bond motifs is 1. The summed E-state index contributed by atoms with van der Waals surface area (Å²) in [6.07, 6.45) is 4.64. The average Bonchev–Trinajstić information content (AvgIpc) is 2.80. The molecule has 1 fully saturated rings. The Labute approximate surface area is 118 Å². The Kier molecular flexibility index (Phi) is 3.40. The van der Waals surface area contributed by atoms with Crippen LogP contribution < -0.4 is 0 Å². The van der Waals surface area contributed by atoms with Gasteiger partial charge in [-0.3, -0.25) is 14.7 Å². The first-order chi connectivity index (χ1) is 9.66. The first-order valence-corrected chi connectivity index (χ1v) is 6.95. The first-order valence-electron chi connectivity index (χ1n) is 6.95. The molecule has 0 aliphatic carbocycles. The standard InChI is InChI=1S/C16H18N2O2/c1-11-6-7-18(15(11)16(19)20)10-13-9-17-8-12-4-2-3-5-14(12)13/h2-5,8-9,11,15H,6-7,10H2,1H3,(H,19,20). The third-order valence-electron chi connectivity index (χ3n) is 4.18. The second-order valence-corrected chi connectivity index (χ2v) is 5.54. The van der Waals surface area contributed by atoms with Crippen molar-refractivity contribution in [2.45, 2.75) is 25.9 Å². The minimum atomic E-state index is -0.719. The van der Waals surface area contributed by atoms with E-state index in [1.165, 1.54) is 0 Å². The zero-order chi connectivity index (χ0) is 14.1. The first kappa shape index (κ1) is 13.1. The number of rotatable bonds is 3. The monoisotopic (exact) mass is 270 g/mol. The van der Waals surface area contributed by atoms with Crippen LogP contribution >= 0.6 is 0 Å². The van der Waals surface area contributed by atoms with Crippen LogP contribution in [0.2, 0.25) is 0 Å². The fourth-order valence-electron chi connectivity index (χ4n) is 3.13. The van der Waals surface area contributed by atoms with Crippen molar-refractivity contribution in [3.63, 3.8) is 0 Å². The number of carboxylic acids is 1. The van der Waals surface area contributed by atoms with E-state index < -0.39 is 5.97 Å². The van der Waals surface area contributed by atoms with Gasteiger partial charge in [-0.15, -0.1) is 0 Å². The molecule has 1 aliphatic heterocycles. The van der Waals surface area contributed by atoms with Crippen molar-refractivity contribution < 1.29 is 9.90 Å². The number of likely N-dealkylation sites (tertiary alicyclic amines) is 1. The van der Waals surface area contributed by atoms with Crippen molar-refractivity contribution in [2.24, 2.45) is 5.92 Å². The second-order valence-electron chi connectivity index (χ2n) is 5.54. The van der Waals surface area contributed by atoms with Gasteiger partial charge in [0.15, 0.2) is 0 Å². The topological polar surface area (TPSA) is 53.4 Å². The molecule has 1 aromatic carbocycles. The number of aromatic nitrogens is 1. The van der Waals surface area contributed by atoms with Gasteiger partial charge < -0.3 is 5.11 Å². The van der Waals surface area contributed by atoms with Gasteiger partial charge >= 0.3 is 5.97 Å². The van der Waals surface area contributed by atoms with E-state index in [2.05, 4.69) is 16.0 Å². The number of benzene rings is 1. The third-order valence-corrected chi connectivity index (χ3v) is 4.18. The van der Waals surface area contributed by atoms with Gasteiger partial charge in [0.25, 0.3) is 0 Å². The van der Waals surface area contributed by atoms with E-state index in [0.29, 0.717) is 6.54 Å². The number of carboxylic acid groups (broad SMARTS) is 1. The van der Waals surface area contributed by atoms with Crippen molar-refractivity contribution in [1.29, 1.82) is 0 Å². The highest BCUT2D eigenvalue weighted by Gasteiger charge is 2.36. The van der Waals surface area contributed by atoms with Gasteiger partial charge in [0.1, 0.15) is 6.04 Å². The summed E-state index contributed by atoms with van der Waals surface area (Å²) in [6.45, 7) is 3.50. The molecule has 2 aromatic rings. The maximum atomic E-state index is 11.4. The van der Waals surface area contributed by atoms with E-state index >= 15 is 0 Å². The van der Waals surface area contributed by atoms with E-state index in [1.54, 1.807) is 0 Å². The minimum absolute atomic E-state index is 0.204. The predicted molar refractivity (Wildman–Crippen MR) is 77.4 cm³/mol. The Morgan fingerprint density at radius 1 is 1.40 bits per heavy atom. The molecule has 1 aliphatic rings. The molecule has 0 spiro atoms. The Balaban J connectivity index is 1.92. The molecule has 4 heteroatoms. The van der Waals surface area contributed by atoms with Crippen molar-refractivity contribution in [3.05, 3.63) is 42.2 Å². The zero-order valence-electron chi connectivity index (χ0n) is 11.5. The summed E-state index contributed by atoms with van der Waals surface area (Å²) in [6, 6.07) is 7.72. The van der Waals surface area contributed by atoms with Crippen LogP contribution in [0.1, 0.15) is 18.9 Å². The highest BCUT2D eigenvalue weighted by atomic mass is 16.4. The summed E-state index contributed by atoms with van der Waals surface area (Å²) >= 11 is 0. The van der Waals surface area contributed by atoms with Gasteiger partial charge in [0, 0.05) is 24.3 Å². The van der Waals surface area contributed by atoms with Crippen molar-refractivity contribution in [2.75, 3.05) is 6.54 Å². The summed E-state index contributed by atoms with van der Waals surface area (Å²) in [5.41, 5.74) is 1.10. The molecular weight excluding hydrogens is 252 g/mol. The Bertz CT molecular complexity index is 636. The molecule has 4 nitrogen and oxygen atoms in total. The lowest BCUT2D eigenvalue weighted by Gasteiger charge is -2.23. The minimum Gasteiger partial charge on any atom is -0.480 e. The lowest BCUT2D eigenvalue weighted by Crippen LogP contribution is -2.38. The van der Waals surface area contributed by atoms with E-state index in [1.807, 2.05) is 37.5 Å². The van der Waals surface area contributed by atoms with Crippen molar-refractivity contribution in [1.82, 2.24) is 9.88 Å². The van der Waals surface area contributed by atoms with Crippen LogP contribution in [-0.4, -0.2) is 33.5 Å². The second kappa shape index (κ2) is 5.21. The summed E-state index contributed by atoms with van der Waals surface area (Å²) in [7, 11) is 0. The molecule has 104 valence electrons. The van der Waals surface area contributed by atoms with Crippen LogP contribution in [0.25, 0.3) is 10.8 Å². The number of pyridine rings is 1. The van der Waals surface area contributed by atoms with Gasteiger partial charge in [-0.1, -0.05) is 31.2 Å². The van der Waals surface area contributed by atoms with Crippen molar-refractivity contribution >= 4 is 16.7 Å². The molecule has 1 aromatic heterocycles. The molecule has 0 amide bonds. The maximum absolute atomic E-state index is 11.4. The number of hydrogen-bond donors (Lipinski definition) is 1. The fraction of sp³-hybridized carbons (Fsp3) is 0.375. The zero-order valence-corrected chi connectivity index (χ0v) is 11.5. The van der Waals surface area contributed by atoms with Crippen molar-refractivity contribution in [3.8, 4) is 0 Å². The molecule has 20 heavy (non-hydrogen) atoms. The predicted octanol–water partition coefficient (Wildman–Crippen LogP) is 2.53. The largest absolute Gasteiger partial charge is 0.480 e. The molecule has 1 saturated heterocycles. The van der Waals surface area contributed by atoms with Gasteiger partial charge in [-0.05, 0) is 29.8 Å². The number of hydrogen-bond acceptors (Lipinski definition) is 3. The molecule has 2 unspecified atom stereocenters. The smallest absolute Gasteiger partial charge is 0.321 e. The normalized spacial score (nSPS) is 23.2. The summed E-state index contributed by atoms with van der Waals surface area (Å²) < 4.78 is 0. The number of carbonyl (C=O) groups is 1. The van der Waals surface area contributed by atoms with Crippen LogP contribution in [0.15, 0.2) is 36.7 Å². The van der Waals surface area contributed by atoms with Crippen LogP contribution in [-0.2, 0) is 11.3 Å². The Hall–Kier alpha value is -1.94. The Morgan fingerprint density at radius 3 is 3.00 bits per heavy atom. The fourth-order valence-corrected chi connectivity index (χ4v) is 3.13. The quantitative estimate of drug-likeness (QED) is 0.931. The van der Waals surface area contributed by atoms with E-state index in [4.69, 9.17) is 0 Å². The van der Waals surface area contributed by atoms with Gasteiger partial charge in [-0.2, -0.15) is 0 Å². The summed E-state index contributed by atoms with van der Waals surface area (Å²) in [5.74, 6) is -0.515. The SMILES string of the molecule is CC1CCN(Cc2cncc3ccccc23)C1C(=O)O. The molecule has 2 atom stereocenters. The van der Waals surface area contributed by atoms with Crippen LogP contribution in [0, 0.1) is 5.92 Å². The lowest BCUT2D eigenvalue weighted by molar-refractivity contribution is -0.143. The summed E-state index contributed by atoms with van der Waals surface area (Å²) in [4.78, 5) is 17.7. The van der Waals surface area contributed by atoms with Crippen LogP contribution in [0.3, 0.4) is 0 Å². The third kappa shape index (κ3) is 2.27. The van der Waals surface area contributed by atoms with E-state index in [9.17, 15) is 9.90 Å².